The first-order valence-corrected chi connectivity index (χ1v) is 34.2. The SMILES string of the molecule is C1CCOC1.CN1C(=O)C2(CC3(CCCOC3)Oc3ccc(Br)cc32)N=C1N.N#Cc1ccc(F)cc1.[C-]#[N+]c1ccc(C#N)c(B2OCC(C)(C)CO2)c1.[C-]#[N+]c1ccc(F)c(-c2ccc3c(c2)C2(CC4(CCCOC4)O3)N=C(N)N(C)C2=O)c1.[C-]#[N+]c1ccc(F)c(B2OCC(C)(C)CO2)c1. The Bertz CT molecular complexity index is 4420. The van der Waals surface area contributed by atoms with Crippen molar-refractivity contribution in [2.45, 2.75) is 101 Å². The zero-order valence-electron chi connectivity index (χ0n) is 58.0. The van der Waals surface area contributed by atoms with Crippen LogP contribution in [-0.2, 0) is 53.5 Å². The van der Waals surface area contributed by atoms with Crippen molar-refractivity contribution in [3.63, 3.8) is 0 Å². The first-order valence-electron chi connectivity index (χ1n) is 33.4. The van der Waals surface area contributed by atoms with Crippen LogP contribution in [-0.4, -0.2) is 139 Å². The molecule has 15 rings (SSSR count). The molecular weight excluding hydrogens is 1390 g/mol. The van der Waals surface area contributed by atoms with Gasteiger partial charge in [0.1, 0.15) is 40.2 Å². The number of nitrogens with two attached hydrogens (primary N) is 2. The maximum absolute atomic E-state index is 14.6. The Kier molecular flexibility index (Phi) is 23.9. The van der Waals surface area contributed by atoms with Gasteiger partial charge < -0.3 is 53.8 Å². The van der Waals surface area contributed by atoms with E-state index in [0.29, 0.717) is 121 Å². The number of hydrogen-bond donors (Lipinski definition) is 2. The maximum atomic E-state index is 14.6. The van der Waals surface area contributed by atoms with E-state index < -0.39 is 48.2 Å². The normalized spacial score (nSPS) is 23.6. The third kappa shape index (κ3) is 17.4. The third-order valence-electron chi connectivity index (χ3n) is 18.4. The Labute approximate surface area is 606 Å². The van der Waals surface area contributed by atoms with Crippen molar-refractivity contribution >= 4 is 81.9 Å². The fourth-order valence-electron chi connectivity index (χ4n) is 13.0. The van der Waals surface area contributed by atoms with Crippen LogP contribution in [0.25, 0.3) is 25.7 Å². The van der Waals surface area contributed by atoms with Crippen molar-refractivity contribution in [1.29, 1.82) is 10.5 Å². The largest absolute Gasteiger partial charge is 0.495 e. The summed E-state index contributed by atoms with van der Waals surface area (Å²) in [5, 5.41) is 17.3. The molecule has 103 heavy (non-hydrogen) atoms. The van der Waals surface area contributed by atoms with Crippen LogP contribution >= 0.6 is 15.9 Å². The van der Waals surface area contributed by atoms with Crippen molar-refractivity contribution in [2.24, 2.45) is 32.3 Å². The number of fused-ring (bicyclic) bond motifs is 4. The number of ether oxygens (including phenoxy) is 5. The number of halogens is 4. The number of likely N-dealkylation sites (N-methyl/N-ethyl adjacent to an activating group) is 2. The number of nitrogens with zero attached hydrogens (tertiary/aromatic N) is 9. The van der Waals surface area contributed by atoms with Gasteiger partial charge in [-0.3, -0.25) is 19.4 Å². The Morgan fingerprint density at radius 2 is 1.00 bits per heavy atom. The molecule has 2 amide bonds. The van der Waals surface area contributed by atoms with E-state index in [-0.39, 0.29) is 45.9 Å². The second-order valence-electron chi connectivity index (χ2n) is 27.7. The van der Waals surface area contributed by atoms with Crippen molar-refractivity contribution in [3.05, 3.63) is 194 Å². The highest BCUT2D eigenvalue weighted by molar-refractivity contribution is 9.10. The summed E-state index contributed by atoms with van der Waals surface area (Å²) in [5.41, 5.74) is 13.7. The van der Waals surface area contributed by atoms with Crippen LogP contribution in [0.3, 0.4) is 0 Å². The quantitative estimate of drug-likeness (QED) is 0.123. The van der Waals surface area contributed by atoms with E-state index in [9.17, 15) is 22.8 Å². The smallest absolute Gasteiger partial charge is 0.484 e. The van der Waals surface area contributed by atoms with Crippen LogP contribution in [0.2, 0.25) is 0 Å². The van der Waals surface area contributed by atoms with Gasteiger partial charge in [0.25, 0.3) is 11.8 Å². The molecule has 9 aliphatic heterocycles. The Hall–Kier alpha value is -9.63. The molecule has 4 atom stereocenters. The van der Waals surface area contributed by atoms with E-state index >= 15 is 0 Å². The second-order valence-corrected chi connectivity index (χ2v) is 28.7. The molecule has 4 spiro atoms. The predicted octanol–water partition coefficient (Wildman–Crippen LogP) is 11.6. The average Bonchev–Trinajstić information content (AvgIpc) is 1.65. The number of amides is 2. The molecule has 4 unspecified atom stereocenters. The van der Waals surface area contributed by atoms with E-state index in [4.69, 9.17) is 84.0 Å². The third-order valence-corrected chi connectivity index (χ3v) is 18.9. The Morgan fingerprint density at radius 1 is 0.544 bits per heavy atom. The zero-order valence-corrected chi connectivity index (χ0v) is 59.6. The van der Waals surface area contributed by atoms with Crippen LogP contribution in [0.5, 0.6) is 11.5 Å². The van der Waals surface area contributed by atoms with Crippen LogP contribution in [0.1, 0.15) is 101 Å². The van der Waals surface area contributed by atoms with Crippen molar-refractivity contribution in [3.8, 4) is 34.8 Å². The lowest BCUT2D eigenvalue weighted by atomic mass is 9.73. The van der Waals surface area contributed by atoms with E-state index in [1.807, 2.05) is 38.1 Å². The van der Waals surface area contributed by atoms with Crippen LogP contribution in [0, 0.1) is 70.7 Å². The van der Waals surface area contributed by atoms with E-state index in [2.05, 4.69) is 60.4 Å². The molecule has 0 bridgehead atoms. The first kappa shape index (κ1) is 76.0. The lowest BCUT2D eigenvalue weighted by Gasteiger charge is -2.46. The predicted molar refractivity (Wildman–Crippen MR) is 384 cm³/mol. The highest BCUT2D eigenvalue weighted by atomic mass is 79.9. The molecule has 0 radical (unpaired) electrons. The van der Waals surface area contributed by atoms with Gasteiger partial charge in [0.2, 0.25) is 0 Å². The summed E-state index contributed by atoms with van der Waals surface area (Å²) in [6.07, 6.45) is 6.62. The first-order chi connectivity index (χ1) is 49.2. The molecule has 5 fully saturated rings. The van der Waals surface area contributed by atoms with E-state index in [0.717, 1.165) is 55.5 Å². The molecule has 0 aliphatic carbocycles. The van der Waals surface area contributed by atoms with Gasteiger partial charge >= 0.3 is 14.2 Å². The number of aliphatic imine (C=N–C) groups is 2. The molecule has 5 saturated heterocycles. The summed E-state index contributed by atoms with van der Waals surface area (Å²) in [6.45, 7) is 35.7. The van der Waals surface area contributed by atoms with Gasteiger partial charge in [0.15, 0.2) is 40.1 Å². The lowest BCUT2D eigenvalue weighted by molar-refractivity contribution is -0.139. The second kappa shape index (κ2) is 32.4. The Morgan fingerprint density at radius 3 is 1.45 bits per heavy atom. The van der Waals surface area contributed by atoms with Crippen LogP contribution < -0.4 is 31.9 Å². The minimum atomic E-state index is -1.25. The van der Waals surface area contributed by atoms with Crippen LogP contribution in [0.15, 0.2) is 130 Å². The molecule has 28 heteroatoms. The lowest BCUT2D eigenvalue weighted by Crippen LogP contribution is -2.55. The maximum Gasteiger partial charge on any atom is 0.495 e. The molecule has 9 heterocycles. The van der Waals surface area contributed by atoms with Gasteiger partial charge in [-0.2, -0.15) is 10.5 Å². The monoisotopic (exact) mass is 1470 g/mol. The van der Waals surface area contributed by atoms with Crippen molar-refractivity contribution < 1.29 is 65.1 Å². The molecule has 532 valence electrons. The highest BCUT2D eigenvalue weighted by Gasteiger charge is 2.60. The number of nitriles is 2. The average molecular weight is 1470 g/mol. The molecule has 0 saturated carbocycles. The summed E-state index contributed by atoms with van der Waals surface area (Å²) in [5.74, 6) is 0.0671. The molecule has 6 aromatic carbocycles. The molecule has 4 N–H and O–H groups in total. The molecule has 0 aromatic heterocycles. The van der Waals surface area contributed by atoms with Gasteiger partial charge in [-0.25, -0.2) is 37.7 Å². The van der Waals surface area contributed by atoms with Gasteiger partial charge in [-0.05, 0) is 122 Å². The van der Waals surface area contributed by atoms with Gasteiger partial charge in [0, 0.05) is 123 Å². The number of guanidine groups is 2. The van der Waals surface area contributed by atoms with Crippen molar-refractivity contribution in [1.82, 2.24) is 9.80 Å². The highest BCUT2D eigenvalue weighted by Crippen LogP contribution is 2.54. The van der Waals surface area contributed by atoms with Crippen molar-refractivity contribution in [2.75, 3.05) is 80.2 Å². The topological polar surface area (TPSA) is 261 Å². The van der Waals surface area contributed by atoms with Crippen LogP contribution in [0.4, 0.5) is 30.2 Å². The van der Waals surface area contributed by atoms with Gasteiger partial charge in [0.05, 0.1) is 50.6 Å². The zero-order chi connectivity index (χ0) is 73.9. The number of benzene rings is 6. The van der Waals surface area contributed by atoms with E-state index in [1.165, 1.54) is 83.3 Å². The van der Waals surface area contributed by atoms with E-state index in [1.54, 1.807) is 50.5 Å². The van der Waals surface area contributed by atoms with Gasteiger partial charge in [-0.15, -0.1) is 0 Å². The standard InChI is InChI=1S/C23H21FN4O3.C16H18BrN3O3.C13H13BN2O2.C12H13BFNO2.C7H4FN.C4H8O/c1-26-15-5-6-18(24)16(11-15)14-4-7-19-17(10-14)23(20(29)28(2)21(25)27-23)12-22(31-19)8-3-9-30-13-22;1-20-13(21)16(19-14(20)18)8-15(5-2-6-22-9-15)23-12-4-3-10(17)7-11(12)16;1-13(2)8-17-14(18-9-13)12-6-11(16-3)5-4-10(12)7-15;1-12(2)7-16-13(17-8-12)10-6-9(15-3)4-5-11(10)14;8-7-3-1-6(5-9)2-4-7;1-2-4-5-3-1/h4-7,10-11H,3,8-9,12-13H2,2H3,(H2,25,27);3-4,7H,2,5-6,8-9H2,1H3,(H2,18,19);4-6H,8-9H2,1-2H3;4-6H,7-8H2,1-2H3;1-4H;1-4H2. The molecule has 22 nitrogen and oxygen atoms in total. The molecule has 6 aromatic rings. The number of carbonyl (C=O) groups excluding carboxylic acids is 2. The number of carbonyl (C=O) groups is 2. The molecule has 9 aliphatic rings. The summed E-state index contributed by atoms with van der Waals surface area (Å²) in [4.78, 5) is 48.4. The molecular formula is C75H77B2BrF3N11O11. The fraction of sp³-hybridized carbons (Fsp3) is 0.400. The van der Waals surface area contributed by atoms with Gasteiger partial charge in [-0.1, -0.05) is 86.1 Å². The minimum absolute atomic E-state index is 0.0132. The Balaban J connectivity index is 0.000000142. The summed E-state index contributed by atoms with van der Waals surface area (Å²) >= 11 is 3.47. The fourth-order valence-corrected chi connectivity index (χ4v) is 13.4. The summed E-state index contributed by atoms with van der Waals surface area (Å²) in [6, 6.07) is 33.6. The number of rotatable bonds is 3. The minimum Gasteiger partial charge on any atom is -0.484 e. The summed E-state index contributed by atoms with van der Waals surface area (Å²) < 4.78 is 92.5. The summed E-state index contributed by atoms with van der Waals surface area (Å²) in [7, 11) is 2.00. The number of hydrogen-bond acceptors (Lipinski definition) is 17.